The Morgan fingerprint density at radius 1 is 1.47 bits per heavy atom. The van der Waals surface area contributed by atoms with E-state index in [0.717, 1.165) is 12.5 Å². The number of likely N-dealkylation sites (N-methyl/N-ethyl adjacent to an activating group) is 1. The van der Waals surface area contributed by atoms with Gasteiger partial charge in [-0.2, -0.15) is 0 Å². The first-order valence-electron chi connectivity index (χ1n) is 5.71. The second-order valence-corrected chi connectivity index (χ2v) is 4.51. The second-order valence-electron chi connectivity index (χ2n) is 4.51. The number of carbonyl (C=O) groups is 1. The maximum absolute atomic E-state index is 10.3. The number of nitrogens with zero attached hydrogens (tertiary/aromatic N) is 1. The molecule has 86 valence electrons. The minimum Gasteiger partial charge on any atom is -0.478 e. The molecule has 0 aromatic heterocycles. The summed E-state index contributed by atoms with van der Waals surface area (Å²) < 4.78 is 0. The molecule has 0 bridgehead atoms. The summed E-state index contributed by atoms with van der Waals surface area (Å²) in [6.07, 6.45) is 8.16. The molecule has 2 unspecified atom stereocenters. The van der Waals surface area contributed by atoms with Gasteiger partial charge in [-0.1, -0.05) is 25.8 Å². The van der Waals surface area contributed by atoms with Crippen molar-refractivity contribution in [3.63, 3.8) is 0 Å². The maximum atomic E-state index is 10.3. The van der Waals surface area contributed by atoms with E-state index in [4.69, 9.17) is 5.11 Å². The summed E-state index contributed by atoms with van der Waals surface area (Å²) in [5, 5.41) is 8.48. The lowest BCUT2D eigenvalue weighted by atomic mass is 9.85. The molecule has 0 saturated heterocycles. The van der Waals surface area contributed by atoms with E-state index in [0.29, 0.717) is 6.04 Å². The fourth-order valence-corrected chi connectivity index (χ4v) is 2.41. The zero-order chi connectivity index (χ0) is 11.3. The quantitative estimate of drug-likeness (QED) is 0.724. The predicted molar refractivity (Wildman–Crippen MR) is 60.8 cm³/mol. The van der Waals surface area contributed by atoms with Crippen LogP contribution in [0.2, 0.25) is 0 Å². The van der Waals surface area contributed by atoms with Crippen molar-refractivity contribution >= 4 is 5.97 Å². The van der Waals surface area contributed by atoms with Crippen LogP contribution in [0.3, 0.4) is 0 Å². The van der Waals surface area contributed by atoms with Gasteiger partial charge in [0.15, 0.2) is 0 Å². The highest BCUT2D eigenvalue weighted by Crippen LogP contribution is 2.27. The summed E-state index contributed by atoms with van der Waals surface area (Å²) >= 11 is 0. The number of aliphatic carboxylic acids is 1. The van der Waals surface area contributed by atoms with E-state index < -0.39 is 5.97 Å². The van der Waals surface area contributed by atoms with Crippen molar-refractivity contribution in [1.29, 1.82) is 0 Å². The van der Waals surface area contributed by atoms with E-state index in [1.54, 1.807) is 6.08 Å². The topological polar surface area (TPSA) is 40.5 Å². The van der Waals surface area contributed by atoms with Crippen molar-refractivity contribution in [2.45, 2.75) is 38.6 Å². The van der Waals surface area contributed by atoms with Gasteiger partial charge in [-0.15, -0.1) is 0 Å². The van der Waals surface area contributed by atoms with Gasteiger partial charge in [-0.25, -0.2) is 4.79 Å². The van der Waals surface area contributed by atoms with Crippen LogP contribution in [0.1, 0.15) is 32.6 Å². The van der Waals surface area contributed by atoms with E-state index in [-0.39, 0.29) is 0 Å². The van der Waals surface area contributed by atoms with E-state index in [1.807, 2.05) is 0 Å². The first kappa shape index (κ1) is 12.2. The molecule has 3 heteroatoms. The summed E-state index contributed by atoms with van der Waals surface area (Å²) in [5.41, 5.74) is 0. The van der Waals surface area contributed by atoms with E-state index in [1.165, 1.54) is 31.8 Å². The van der Waals surface area contributed by atoms with Gasteiger partial charge < -0.3 is 5.11 Å². The normalized spacial score (nSPS) is 27.4. The van der Waals surface area contributed by atoms with Crippen molar-refractivity contribution < 1.29 is 9.90 Å². The minimum atomic E-state index is -0.861. The summed E-state index contributed by atoms with van der Waals surface area (Å²) in [6.45, 7) is 3.03. The molecule has 3 nitrogen and oxygen atoms in total. The zero-order valence-electron chi connectivity index (χ0n) is 9.65. The van der Waals surface area contributed by atoms with Crippen molar-refractivity contribution in [3.05, 3.63) is 12.2 Å². The smallest absolute Gasteiger partial charge is 0.328 e. The summed E-state index contributed by atoms with van der Waals surface area (Å²) in [7, 11) is 2.08. The van der Waals surface area contributed by atoms with Crippen LogP contribution in [0, 0.1) is 5.92 Å². The lowest BCUT2D eigenvalue weighted by molar-refractivity contribution is -0.131. The van der Waals surface area contributed by atoms with Gasteiger partial charge in [-0.3, -0.25) is 4.90 Å². The molecule has 1 rings (SSSR count). The van der Waals surface area contributed by atoms with Gasteiger partial charge in [0.2, 0.25) is 0 Å². The molecule has 0 aromatic carbocycles. The Morgan fingerprint density at radius 3 is 2.73 bits per heavy atom. The Morgan fingerprint density at radius 2 is 2.13 bits per heavy atom. The fourth-order valence-electron chi connectivity index (χ4n) is 2.41. The second kappa shape index (κ2) is 5.91. The number of carboxylic acids is 1. The van der Waals surface area contributed by atoms with Gasteiger partial charge in [-0.05, 0) is 25.8 Å². The largest absolute Gasteiger partial charge is 0.478 e. The van der Waals surface area contributed by atoms with Crippen LogP contribution >= 0.6 is 0 Å². The molecule has 0 aliphatic heterocycles. The number of carboxylic acid groups (broad SMARTS) is 1. The third kappa shape index (κ3) is 4.04. The lowest BCUT2D eigenvalue weighted by Crippen LogP contribution is -2.38. The van der Waals surface area contributed by atoms with Crippen molar-refractivity contribution in [2.24, 2.45) is 5.92 Å². The van der Waals surface area contributed by atoms with Crippen molar-refractivity contribution in [1.82, 2.24) is 4.90 Å². The van der Waals surface area contributed by atoms with Crippen LogP contribution in [0.15, 0.2) is 12.2 Å². The van der Waals surface area contributed by atoms with Crippen LogP contribution in [-0.2, 0) is 4.79 Å². The van der Waals surface area contributed by atoms with Crippen LogP contribution in [-0.4, -0.2) is 35.6 Å². The highest BCUT2D eigenvalue weighted by molar-refractivity contribution is 5.79. The molecule has 1 saturated carbocycles. The van der Waals surface area contributed by atoms with Crippen LogP contribution < -0.4 is 0 Å². The first-order chi connectivity index (χ1) is 7.11. The number of hydrogen-bond acceptors (Lipinski definition) is 2. The maximum Gasteiger partial charge on any atom is 0.328 e. The lowest BCUT2D eigenvalue weighted by Gasteiger charge is -2.35. The Balaban J connectivity index is 2.37. The Hall–Kier alpha value is -0.830. The van der Waals surface area contributed by atoms with Crippen LogP contribution in [0.4, 0.5) is 0 Å². The number of rotatable bonds is 4. The molecular weight excluding hydrogens is 190 g/mol. The van der Waals surface area contributed by atoms with Crippen LogP contribution in [0.25, 0.3) is 0 Å². The minimum absolute atomic E-state index is 0.622. The molecular formula is C12H21NO2. The molecule has 0 radical (unpaired) electrons. The SMILES string of the molecule is CC1CCCCC1N(C)CC=CC(=O)O. The Labute approximate surface area is 91.8 Å². The van der Waals surface area contributed by atoms with E-state index >= 15 is 0 Å². The monoisotopic (exact) mass is 211 g/mol. The third-order valence-electron chi connectivity index (χ3n) is 3.29. The van der Waals surface area contributed by atoms with Gasteiger partial charge in [0, 0.05) is 18.7 Å². The summed E-state index contributed by atoms with van der Waals surface area (Å²) in [6, 6.07) is 0.622. The molecule has 0 aromatic rings. The molecule has 1 aliphatic rings. The van der Waals surface area contributed by atoms with Gasteiger partial charge in [0.05, 0.1) is 0 Å². The van der Waals surface area contributed by atoms with Crippen LogP contribution in [0.5, 0.6) is 0 Å². The van der Waals surface area contributed by atoms with Gasteiger partial charge in [0.1, 0.15) is 0 Å². The Kier molecular flexibility index (Phi) is 4.82. The molecule has 1 aliphatic carbocycles. The molecule has 15 heavy (non-hydrogen) atoms. The molecule has 1 fully saturated rings. The average molecular weight is 211 g/mol. The average Bonchev–Trinajstić information content (AvgIpc) is 2.17. The van der Waals surface area contributed by atoms with E-state index in [9.17, 15) is 4.79 Å². The first-order valence-corrected chi connectivity index (χ1v) is 5.71. The number of hydrogen-bond donors (Lipinski definition) is 1. The molecule has 0 spiro atoms. The summed E-state index contributed by atoms with van der Waals surface area (Å²) in [4.78, 5) is 12.6. The molecule has 2 atom stereocenters. The third-order valence-corrected chi connectivity index (χ3v) is 3.29. The Bertz CT molecular complexity index is 238. The molecule has 1 N–H and O–H groups in total. The highest BCUT2D eigenvalue weighted by Gasteiger charge is 2.23. The van der Waals surface area contributed by atoms with Gasteiger partial charge >= 0.3 is 5.97 Å². The van der Waals surface area contributed by atoms with E-state index in [2.05, 4.69) is 18.9 Å². The van der Waals surface area contributed by atoms with Crippen molar-refractivity contribution in [2.75, 3.05) is 13.6 Å². The predicted octanol–water partition coefficient (Wildman–Crippen LogP) is 2.14. The molecule has 0 heterocycles. The standard InChI is InChI=1S/C12H21NO2/c1-10-6-3-4-7-11(10)13(2)9-5-8-12(14)15/h5,8,10-11H,3-4,6-7,9H2,1-2H3,(H,14,15). The summed E-state index contributed by atoms with van der Waals surface area (Å²) in [5.74, 6) is -0.123. The highest BCUT2D eigenvalue weighted by atomic mass is 16.4. The zero-order valence-corrected chi connectivity index (χ0v) is 9.65. The molecule has 0 amide bonds. The van der Waals surface area contributed by atoms with Crippen molar-refractivity contribution in [3.8, 4) is 0 Å². The van der Waals surface area contributed by atoms with Gasteiger partial charge in [0.25, 0.3) is 0 Å². The fraction of sp³-hybridized carbons (Fsp3) is 0.750.